The highest BCUT2D eigenvalue weighted by Crippen LogP contribution is 2.11. The van der Waals surface area contributed by atoms with Crippen LogP contribution in [0.5, 0.6) is 0 Å². The summed E-state index contributed by atoms with van der Waals surface area (Å²) >= 11 is 5.70. The van der Waals surface area contributed by atoms with Crippen LogP contribution in [0, 0.1) is 5.41 Å². The fraction of sp³-hybridized carbons (Fsp3) is 0.250. The van der Waals surface area contributed by atoms with Crippen LogP contribution in [0.15, 0.2) is 24.3 Å². The van der Waals surface area contributed by atoms with Gasteiger partial charge in [-0.15, -0.1) is 0 Å². The molecule has 17 heavy (non-hydrogen) atoms. The van der Waals surface area contributed by atoms with Crippen LogP contribution in [0.3, 0.4) is 0 Å². The molecule has 1 aromatic rings. The normalized spacial score (nSPS) is 9.76. The van der Waals surface area contributed by atoms with Gasteiger partial charge in [-0.05, 0) is 31.2 Å². The number of rotatable bonds is 5. The molecule has 0 saturated heterocycles. The summed E-state index contributed by atoms with van der Waals surface area (Å²) in [4.78, 5) is 23.0. The molecule has 90 valence electrons. The number of hydrogen-bond acceptors (Lipinski definition) is 3. The average molecular weight is 253 g/mol. The van der Waals surface area contributed by atoms with Crippen LogP contribution >= 0.6 is 11.6 Å². The van der Waals surface area contributed by atoms with Gasteiger partial charge in [0, 0.05) is 17.1 Å². The maximum absolute atomic E-state index is 11.7. The lowest BCUT2D eigenvalue weighted by Crippen LogP contribution is -2.31. The molecule has 0 heterocycles. The van der Waals surface area contributed by atoms with E-state index in [0.717, 1.165) is 0 Å². The van der Waals surface area contributed by atoms with Crippen molar-refractivity contribution < 1.29 is 9.59 Å². The van der Waals surface area contributed by atoms with Gasteiger partial charge in [-0.1, -0.05) is 11.6 Å². The minimum atomic E-state index is -0.505. The number of carbonyl (C=O) groups is 2. The summed E-state index contributed by atoms with van der Waals surface area (Å²) in [7, 11) is 0. The Hall–Kier alpha value is -1.68. The first kappa shape index (κ1) is 13.4. The summed E-state index contributed by atoms with van der Waals surface area (Å²) in [5, 5.41) is 10.5. The topological polar surface area (TPSA) is 70.0 Å². The minimum absolute atomic E-state index is 0.201. The van der Waals surface area contributed by atoms with Crippen molar-refractivity contribution in [2.45, 2.75) is 13.3 Å². The van der Waals surface area contributed by atoms with Gasteiger partial charge < -0.3 is 5.32 Å². The maximum atomic E-state index is 11.7. The van der Waals surface area contributed by atoms with E-state index in [0.29, 0.717) is 17.1 Å². The Bertz CT molecular complexity index is 440. The lowest BCUT2D eigenvalue weighted by molar-refractivity contribution is -0.114. The molecule has 0 spiro atoms. The number of halogens is 1. The number of benzene rings is 1. The van der Waals surface area contributed by atoms with Crippen LogP contribution in [0.2, 0.25) is 5.02 Å². The molecule has 1 amide bonds. The predicted molar refractivity (Wildman–Crippen MR) is 66.8 cm³/mol. The Morgan fingerprint density at radius 3 is 2.41 bits per heavy atom. The monoisotopic (exact) mass is 252 g/mol. The quantitative estimate of drug-likeness (QED) is 0.622. The fourth-order valence-electron chi connectivity index (χ4n) is 1.25. The fourth-order valence-corrected chi connectivity index (χ4v) is 1.37. The van der Waals surface area contributed by atoms with Gasteiger partial charge in [0.25, 0.3) is 5.91 Å². The van der Waals surface area contributed by atoms with E-state index in [1.807, 2.05) is 0 Å². The van der Waals surface area contributed by atoms with Crippen molar-refractivity contribution in [2.75, 3.05) is 6.54 Å². The molecule has 0 aromatic heterocycles. The Kier molecular flexibility index (Phi) is 4.84. The molecule has 0 aliphatic heterocycles. The second-order valence-corrected chi connectivity index (χ2v) is 3.88. The average Bonchev–Trinajstić information content (AvgIpc) is 2.30. The zero-order chi connectivity index (χ0) is 12.8. The first-order chi connectivity index (χ1) is 8.04. The van der Waals surface area contributed by atoms with Crippen molar-refractivity contribution in [3.05, 3.63) is 34.9 Å². The van der Waals surface area contributed by atoms with Crippen molar-refractivity contribution in [1.82, 2.24) is 5.32 Å². The molecule has 1 aromatic carbocycles. The van der Waals surface area contributed by atoms with E-state index in [-0.39, 0.29) is 17.9 Å². The van der Waals surface area contributed by atoms with Crippen molar-refractivity contribution in [1.29, 1.82) is 5.41 Å². The van der Waals surface area contributed by atoms with E-state index in [1.165, 1.54) is 0 Å². The van der Waals surface area contributed by atoms with Crippen molar-refractivity contribution >= 4 is 29.0 Å². The molecule has 4 nitrogen and oxygen atoms in total. The zero-order valence-electron chi connectivity index (χ0n) is 9.42. The summed E-state index contributed by atoms with van der Waals surface area (Å²) in [6.45, 7) is 2.20. The number of ketones is 1. The van der Waals surface area contributed by atoms with Crippen LogP contribution in [0.25, 0.3) is 0 Å². The first-order valence-electron chi connectivity index (χ1n) is 5.19. The van der Waals surface area contributed by atoms with Gasteiger partial charge in [0.05, 0.1) is 6.42 Å². The van der Waals surface area contributed by atoms with Crippen LogP contribution < -0.4 is 5.32 Å². The zero-order valence-corrected chi connectivity index (χ0v) is 10.2. The summed E-state index contributed by atoms with van der Waals surface area (Å²) < 4.78 is 0. The molecule has 0 radical (unpaired) electrons. The standard InChI is InChI=1S/C12H13ClN2O2/c1-2-15-12(17)10(14)7-11(16)8-3-5-9(13)6-4-8/h3-6,14H,2,7H2,1H3,(H,15,17). The van der Waals surface area contributed by atoms with Gasteiger partial charge >= 0.3 is 0 Å². The Morgan fingerprint density at radius 2 is 1.88 bits per heavy atom. The highest BCUT2D eigenvalue weighted by atomic mass is 35.5. The molecule has 0 unspecified atom stereocenters. The molecule has 0 aliphatic rings. The number of nitrogens with one attached hydrogen (secondary N) is 2. The van der Waals surface area contributed by atoms with Gasteiger partial charge in [0.15, 0.2) is 5.78 Å². The molecule has 0 bridgehead atoms. The summed E-state index contributed by atoms with van der Waals surface area (Å²) in [6, 6.07) is 6.36. The summed E-state index contributed by atoms with van der Waals surface area (Å²) in [5.41, 5.74) is 0.218. The molecule has 5 heteroatoms. The molecule has 0 aliphatic carbocycles. The van der Waals surface area contributed by atoms with E-state index in [2.05, 4.69) is 5.32 Å². The smallest absolute Gasteiger partial charge is 0.265 e. The molecule has 1 rings (SSSR count). The second kappa shape index (κ2) is 6.15. The van der Waals surface area contributed by atoms with Gasteiger partial charge in [-0.25, -0.2) is 0 Å². The molecular formula is C12H13ClN2O2. The van der Waals surface area contributed by atoms with Crippen LogP contribution in [-0.2, 0) is 4.79 Å². The van der Waals surface area contributed by atoms with Crippen molar-refractivity contribution in [2.24, 2.45) is 0 Å². The highest BCUT2D eigenvalue weighted by molar-refractivity contribution is 6.41. The van der Waals surface area contributed by atoms with E-state index >= 15 is 0 Å². The maximum Gasteiger partial charge on any atom is 0.265 e. The summed E-state index contributed by atoms with van der Waals surface area (Å²) in [5.74, 6) is -0.771. The molecular weight excluding hydrogens is 240 g/mol. The van der Waals surface area contributed by atoms with Crippen LogP contribution in [0.4, 0.5) is 0 Å². The van der Waals surface area contributed by atoms with Crippen LogP contribution in [0.1, 0.15) is 23.7 Å². The highest BCUT2D eigenvalue weighted by Gasteiger charge is 2.14. The van der Waals surface area contributed by atoms with Gasteiger partial charge in [-0.3, -0.25) is 15.0 Å². The lowest BCUT2D eigenvalue weighted by Gasteiger charge is -2.03. The van der Waals surface area contributed by atoms with Crippen LogP contribution in [-0.4, -0.2) is 23.9 Å². The Balaban J connectivity index is 2.63. The predicted octanol–water partition coefficient (Wildman–Crippen LogP) is 2.07. The van der Waals surface area contributed by atoms with Gasteiger partial charge in [-0.2, -0.15) is 0 Å². The molecule has 2 N–H and O–H groups in total. The van der Waals surface area contributed by atoms with Gasteiger partial charge in [0.1, 0.15) is 5.71 Å². The largest absolute Gasteiger partial charge is 0.351 e. The van der Waals surface area contributed by atoms with E-state index in [1.54, 1.807) is 31.2 Å². The molecule has 0 saturated carbocycles. The molecule has 0 fully saturated rings. The number of Topliss-reactive ketones (excluding diaryl/α,β-unsaturated/α-hetero) is 1. The van der Waals surface area contributed by atoms with Crippen molar-refractivity contribution in [3.8, 4) is 0 Å². The number of carbonyl (C=O) groups excluding carboxylic acids is 2. The van der Waals surface area contributed by atoms with Crippen molar-refractivity contribution in [3.63, 3.8) is 0 Å². The Morgan fingerprint density at radius 1 is 1.29 bits per heavy atom. The van der Waals surface area contributed by atoms with E-state index < -0.39 is 5.91 Å². The second-order valence-electron chi connectivity index (χ2n) is 3.44. The third-order valence-electron chi connectivity index (χ3n) is 2.11. The third-order valence-corrected chi connectivity index (χ3v) is 2.37. The molecule has 0 atom stereocenters. The number of hydrogen-bond donors (Lipinski definition) is 2. The minimum Gasteiger partial charge on any atom is -0.351 e. The lowest BCUT2D eigenvalue weighted by atomic mass is 10.1. The SMILES string of the molecule is CCNC(=O)C(=N)CC(=O)c1ccc(Cl)cc1. The Labute approximate surface area is 104 Å². The van der Waals surface area contributed by atoms with E-state index in [9.17, 15) is 9.59 Å². The third kappa shape index (κ3) is 4.00. The number of amides is 1. The summed E-state index contributed by atoms with van der Waals surface area (Å²) in [6.07, 6.45) is -0.201. The van der Waals surface area contributed by atoms with E-state index in [4.69, 9.17) is 17.0 Å². The first-order valence-corrected chi connectivity index (χ1v) is 5.56. The van der Waals surface area contributed by atoms with Gasteiger partial charge in [0.2, 0.25) is 0 Å².